The molecule has 0 saturated heterocycles. The molecule has 1 N–H and O–H groups in total. The van der Waals surface area contributed by atoms with Crippen LogP contribution in [-0.2, 0) is 6.54 Å². The first kappa shape index (κ1) is 12.2. The molecular formula is C11H12Cl2N4. The number of rotatable bonds is 3. The summed E-state index contributed by atoms with van der Waals surface area (Å²) in [6.07, 6.45) is 1.73. The van der Waals surface area contributed by atoms with Crippen molar-refractivity contribution < 1.29 is 0 Å². The van der Waals surface area contributed by atoms with E-state index in [1.54, 1.807) is 19.3 Å². The van der Waals surface area contributed by atoms with Crippen LogP contribution in [0.5, 0.6) is 0 Å². The maximum Gasteiger partial charge on any atom is 0.145 e. The number of aromatic nitrogens is 3. The first-order valence-electron chi connectivity index (χ1n) is 5.23. The van der Waals surface area contributed by atoms with Gasteiger partial charge in [-0.25, -0.2) is 4.98 Å². The molecule has 2 rings (SSSR count). The third-order valence-electron chi connectivity index (χ3n) is 2.42. The summed E-state index contributed by atoms with van der Waals surface area (Å²) in [4.78, 5) is 4.41. The quantitative estimate of drug-likeness (QED) is 0.931. The molecule has 0 aliphatic carbocycles. The van der Waals surface area contributed by atoms with Gasteiger partial charge in [0, 0.05) is 19.8 Å². The molecule has 17 heavy (non-hydrogen) atoms. The van der Waals surface area contributed by atoms with Crippen molar-refractivity contribution in [3.8, 4) is 11.4 Å². The highest BCUT2D eigenvalue weighted by Crippen LogP contribution is 2.31. The standard InChI is InChI=1S/C11H12Cl2N4/c1-3-17-9(4-5-15-17)10-7(12)6-8(13)11(14-2)16-10/h4-6H,3H2,1-2H3,(H,14,16). The number of aryl methyl sites for hydroxylation is 1. The summed E-state index contributed by atoms with van der Waals surface area (Å²) in [5.74, 6) is 0.606. The highest BCUT2D eigenvalue weighted by Gasteiger charge is 2.13. The predicted molar refractivity (Wildman–Crippen MR) is 70.7 cm³/mol. The van der Waals surface area contributed by atoms with Gasteiger partial charge in [0.05, 0.1) is 15.7 Å². The molecule has 0 fully saturated rings. The minimum Gasteiger partial charge on any atom is -0.372 e. The molecule has 0 radical (unpaired) electrons. The molecule has 90 valence electrons. The number of halogens is 2. The Morgan fingerprint density at radius 2 is 2.12 bits per heavy atom. The van der Waals surface area contributed by atoms with Crippen LogP contribution in [0.15, 0.2) is 18.3 Å². The lowest BCUT2D eigenvalue weighted by atomic mass is 10.2. The summed E-state index contributed by atoms with van der Waals surface area (Å²) in [7, 11) is 1.77. The van der Waals surface area contributed by atoms with Crippen molar-refractivity contribution in [3.05, 3.63) is 28.4 Å². The first-order chi connectivity index (χ1) is 8.17. The first-order valence-corrected chi connectivity index (χ1v) is 5.99. The van der Waals surface area contributed by atoms with Gasteiger partial charge in [-0.1, -0.05) is 23.2 Å². The number of anilines is 1. The predicted octanol–water partition coefficient (Wildman–Crippen LogP) is 3.31. The van der Waals surface area contributed by atoms with E-state index in [-0.39, 0.29) is 0 Å². The summed E-state index contributed by atoms with van der Waals surface area (Å²) >= 11 is 12.2. The van der Waals surface area contributed by atoms with Crippen LogP contribution in [0.4, 0.5) is 5.82 Å². The zero-order valence-corrected chi connectivity index (χ0v) is 11.0. The summed E-state index contributed by atoms with van der Waals surface area (Å²) in [5, 5.41) is 8.15. The zero-order valence-electron chi connectivity index (χ0n) is 9.54. The smallest absolute Gasteiger partial charge is 0.145 e. The van der Waals surface area contributed by atoms with Crippen LogP contribution in [0.3, 0.4) is 0 Å². The Kier molecular flexibility index (Phi) is 3.54. The molecule has 6 heteroatoms. The number of nitrogens with zero attached hydrogens (tertiary/aromatic N) is 3. The third-order valence-corrected chi connectivity index (χ3v) is 3.00. The van der Waals surface area contributed by atoms with Gasteiger partial charge in [0.1, 0.15) is 11.5 Å². The van der Waals surface area contributed by atoms with E-state index >= 15 is 0 Å². The third kappa shape index (κ3) is 2.23. The molecule has 0 amide bonds. The van der Waals surface area contributed by atoms with Gasteiger partial charge in [-0.15, -0.1) is 0 Å². The molecular weight excluding hydrogens is 259 g/mol. The minimum absolute atomic E-state index is 0.504. The van der Waals surface area contributed by atoms with Gasteiger partial charge in [-0.3, -0.25) is 4.68 Å². The number of nitrogens with one attached hydrogen (secondary N) is 1. The summed E-state index contributed by atoms with van der Waals surface area (Å²) in [6, 6.07) is 3.56. The van der Waals surface area contributed by atoms with E-state index in [0.29, 0.717) is 21.6 Å². The van der Waals surface area contributed by atoms with Crippen LogP contribution in [0.1, 0.15) is 6.92 Å². The van der Waals surface area contributed by atoms with Gasteiger partial charge in [0.15, 0.2) is 0 Å². The second-order valence-corrected chi connectivity index (χ2v) is 4.25. The summed E-state index contributed by atoms with van der Waals surface area (Å²) in [5.41, 5.74) is 1.56. The van der Waals surface area contributed by atoms with Crippen molar-refractivity contribution >= 4 is 29.0 Å². The van der Waals surface area contributed by atoms with Crippen LogP contribution in [-0.4, -0.2) is 21.8 Å². The van der Waals surface area contributed by atoms with E-state index in [1.807, 2.05) is 17.7 Å². The molecule has 0 atom stereocenters. The highest BCUT2D eigenvalue weighted by atomic mass is 35.5. The number of hydrogen-bond acceptors (Lipinski definition) is 3. The molecule has 2 aromatic rings. The van der Waals surface area contributed by atoms with Gasteiger partial charge < -0.3 is 5.32 Å². The summed E-state index contributed by atoms with van der Waals surface area (Å²) < 4.78 is 1.83. The molecule has 0 aliphatic heterocycles. The normalized spacial score (nSPS) is 10.6. The van der Waals surface area contributed by atoms with Gasteiger partial charge in [-0.05, 0) is 19.1 Å². The lowest BCUT2D eigenvalue weighted by molar-refractivity contribution is 0.666. The van der Waals surface area contributed by atoms with E-state index < -0.39 is 0 Å². The van der Waals surface area contributed by atoms with E-state index in [0.717, 1.165) is 12.2 Å². The van der Waals surface area contributed by atoms with Crippen molar-refractivity contribution in [2.45, 2.75) is 13.5 Å². The fraction of sp³-hybridized carbons (Fsp3) is 0.273. The Hall–Kier alpha value is -1.26. The Morgan fingerprint density at radius 3 is 2.76 bits per heavy atom. The average Bonchev–Trinajstić information content (AvgIpc) is 2.77. The number of pyridine rings is 1. The molecule has 0 unspecified atom stereocenters. The van der Waals surface area contributed by atoms with Crippen molar-refractivity contribution in [3.63, 3.8) is 0 Å². The second kappa shape index (κ2) is 4.94. The molecule has 2 heterocycles. The van der Waals surface area contributed by atoms with Gasteiger partial charge in [-0.2, -0.15) is 5.10 Å². The highest BCUT2D eigenvalue weighted by molar-refractivity contribution is 6.37. The lowest BCUT2D eigenvalue weighted by Gasteiger charge is -2.09. The number of hydrogen-bond donors (Lipinski definition) is 1. The van der Waals surface area contributed by atoms with E-state index in [1.165, 1.54) is 0 Å². The van der Waals surface area contributed by atoms with E-state index in [2.05, 4.69) is 15.4 Å². The lowest BCUT2D eigenvalue weighted by Crippen LogP contribution is -2.02. The maximum atomic E-state index is 6.16. The van der Waals surface area contributed by atoms with E-state index in [9.17, 15) is 0 Å². The van der Waals surface area contributed by atoms with Crippen LogP contribution < -0.4 is 5.32 Å². The SMILES string of the molecule is CCn1nccc1-c1nc(NC)c(Cl)cc1Cl. The van der Waals surface area contributed by atoms with Crippen molar-refractivity contribution in [2.24, 2.45) is 0 Å². The molecule has 0 bridgehead atoms. The van der Waals surface area contributed by atoms with Crippen molar-refractivity contribution in [1.29, 1.82) is 0 Å². The molecule has 4 nitrogen and oxygen atoms in total. The van der Waals surface area contributed by atoms with Crippen LogP contribution in [0, 0.1) is 0 Å². The Balaban J connectivity index is 2.59. The fourth-order valence-electron chi connectivity index (χ4n) is 1.61. The van der Waals surface area contributed by atoms with Crippen LogP contribution in [0.2, 0.25) is 10.0 Å². The molecule has 0 spiro atoms. The topological polar surface area (TPSA) is 42.7 Å². The zero-order chi connectivity index (χ0) is 12.4. The van der Waals surface area contributed by atoms with E-state index in [4.69, 9.17) is 23.2 Å². The minimum atomic E-state index is 0.504. The molecule has 2 aromatic heterocycles. The maximum absolute atomic E-state index is 6.16. The van der Waals surface area contributed by atoms with Gasteiger partial charge >= 0.3 is 0 Å². The van der Waals surface area contributed by atoms with Gasteiger partial charge in [0.2, 0.25) is 0 Å². The fourth-order valence-corrected chi connectivity index (χ4v) is 2.16. The van der Waals surface area contributed by atoms with Crippen molar-refractivity contribution in [1.82, 2.24) is 14.8 Å². The largest absolute Gasteiger partial charge is 0.372 e. The second-order valence-electron chi connectivity index (χ2n) is 3.43. The van der Waals surface area contributed by atoms with Crippen LogP contribution >= 0.6 is 23.2 Å². The Labute approximate surface area is 110 Å². The van der Waals surface area contributed by atoms with Crippen molar-refractivity contribution in [2.75, 3.05) is 12.4 Å². The molecule has 0 aromatic carbocycles. The Morgan fingerprint density at radius 1 is 1.35 bits per heavy atom. The average molecular weight is 271 g/mol. The monoisotopic (exact) mass is 270 g/mol. The molecule has 0 aliphatic rings. The Bertz CT molecular complexity index is 536. The van der Waals surface area contributed by atoms with Crippen LogP contribution in [0.25, 0.3) is 11.4 Å². The van der Waals surface area contributed by atoms with Gasteiger partial charge in [0.25, 0.3) is 0 Å². The molecule has 0 saturated carbocycles. The summed E-state index contributed by atoms with van der Waals surface area (Å²) in [6.45, 7) is 2.77.